The molecule has 0 unspecified atom stereocenters. The molecule has 0 radical (unpaired) electrons. The van der Waals surface area contributed by atoms with Gasteiger partial charge in [-0.2, -0.15) is 0 Å². The van der Waals surface area contributed by atoms with E-state index in [1.165, 1.54) is 6.42 Å². The second kappa shape index (κ2) is 5.99. The molecule has 3 heteroatoms. The van der Waals surface area contributed by atoms with Crippen molar-refractivity contribution in [2.45, 2.75) is 52.5 Å². The van der Waals surface area contributed by atoms with Crippen molar-refractivity contribution in [3.8, 4) is 0 Å². The van der Waals surface area contributed by atoms with Crippen molar-refractivity contribution in [2.24, 2.45) is 5.92 Å². The minimum Gasteiger partial charge on any atom is -0.449 e. The summed E-state index contributed by atoms with van der Waals surface area (Å²) in [7, 11) is 0. The first-order valence-electron chi connectivity index (χ1n) is 6.08. The lowest BCUT2D eigenvalue weighted by Crippen LogP contribution is -2.43. The molecule has 0 aromatic carbocycles. The van der Waals surface area contributed by atoms with Crippen molar-refractivity contribution >= 4 is 6.09 Å². The molecule has 0 N–H and O–H groups in total. The van der Waals surface area contributed by atoms with Crippen LogP contribution in [0.25, 0.3) is 0 Å². The van der Waals surface area contributed by atoms with E-state index in [0.717, 1.165) is 25.8 Å². The van der Waals surface area contributed by atoms with Crippen molar-refractivity contribution in [3.05, 3.63) is 0 Å². The SMILES string of the molecule is CC[C@@H]1CCCCN1C(=O)OCC(C)C. The van der Waals surface area contributed by atoms with E-state index in [-0.39, 0.29) is 6.09 Å². The molecule has 1 rings (SSSR count). The number of hydrogen-bond acceptors (Lipinski definition) is 2. The normalized spacial score (nSPS) is 21.9. The molecule has 1 aliphatic rings. The third-order valence-corrected chi connectivity index (χ3v) is 2.87. The van der Waals surface area contributed by atoms with Crippen LogP contribution >= 0.6 is 0 Å². The lowest BCUT2D eigenvalue weighted by atomic mass is 10.0. The van der Waals surface area contributed by atoms with Crippen LogP contribution in [-0.2, 0) is 4.74 Å². The summed E-state index contributed by atoms with van der Waals surface area (Å²) in [6, 6.07) is 0.401. The van der Waals surface area contributed by atoms with Crippen LogP contribution in [0, 0.1) is 5.92 Å². The third kappa shape index (κ3) is 3.73. The molecule has 1 atom stereocenters. The Kier molecular flexibility index (Phi) is 4.92. The van der Waals surface area contributed by atoms with Gasteiger partial charge in [-0.05, 0) is 31.6 Å². The fourth-order valence-electron chi connectivity index (χ4n) is 1.99. The van der Waals surface area contributed by atoms with Gasteiger partial charge in [0.1, 0.15) is 0 Å². The molecule has 0 aliphatic carbocycles. The van der Waals surface area contributed by atoms with E-state index >= 15 is 0 Å². The molecular weight excluding hydrogens is 190 g/mol. The number of rotatable bonds is 3. The Balaban J connectivity index is 2.41. The highest BCUT2D eigenvalue weighted by atomic mass is 16.6. The second-order valence-corrected chi connectivity index (χ2v) is 4.72. The summed E-state index contributed by atoms with van der Waals surface area (Å²) in [5.41, 5.74) is 0. The Hall–Kier alpha value is -0.730. The van der Waals surface area contributed by atoms with Crippen molar-refractivity contribution in [2.75, 3.05) is 13.2 Å². The number of hydrogen-bond donors (Lipinski definition) is 0. The van der Waals surface area contributed by atoms with Gasteiger partial charge in [0.05, 0.1) is 6.61 Å². The highest BCUT2D eigenvalue weighted by Crippen LogP contribution is 2.20. The molecule has 15 heavy (non-hydrogen) atoms. The van der Waals surface area contributed by atoms with Crippen LogP contribution in [0.5, 0.6) is 0 Å². The van der Waals surface area contributed by atoms with Gasteiger partial charge in [0.2, 0.25) is 0 Å². The van der Waals surface area contributed by atoms with E-state index in [0.29, 0.717) is 18.6 Å². The summed E-state index contributed by atoms with van der Waals surface area (Å²) in [5, 5.41) is 0. The number of carbonyl (C=O) groups excluding carboxylic acids is 1. The summed E-state index contributed by atoms with van der Waals surface area (Å²) in [5.74, 6) is 0.416. The second-order valence-electron chi connectivity index (χ2n) is 4.72. The van der Waals surface area contributed by atoms with Crippen LogP contribution in [0.1, 0.15) is 46.5 Å². The largest absolute Gasteiger partial charge is 0.449 e. The number of likely N-dealkylation sites (tertiary alicyclic amines) is 1. The Labute approximate surface area is 92.8 Å². The summed E-state index contributed by atoms with van der Waals surface area (Å²) < 4.78 is 5.26. The van der Waals surface area contributed by atoms with Crippen molar-refractivity contribution < 1.29 is 9.53 Å². The average Bonchev–Trinajstić information content (AvgIpc) is 2.25. The molecule has 0 saturated carbocycles. The Morgan fingerprint density at radius 2 is 2.20 bits per heavy atom. The van der Waals surface area contributed by atoms with Crippen molar-refractivity contribution in [1.29, 1.82) is 0 Å². The van der Waals surface area contributed by atoms with Crippen LogP contribution in [0.2, 0.25) is 0 Å². The standard InChI is InChI=1S/C12H23NO2/c1-4-11-7-5-6-8-13(11)12(14)15-9-10(2)3/h10-11H,4-9H2,1-3H3/t11-/m1/s1. The molecule has 1 aliphatic heterocycles. The lowest BCUT2D eigenvalue weighted by Gasteiger charge is -2.34. The average molecular weight is 213 g/mol. The Bertz CT molecular complexity index is 204. The summed E-state index contributed by atoms with van der Waals surface area (Å²) in [4.78, 5) is 13.7. The Morgan fingerprint density at radius 3 is 2.80 bits per heavy atom. The number of amides is 1. The quantitative estimate of drug-likeness (QED) is 0.721. The maximum Gasteiger partial charge on any atom is 0.410 e. The monoisotopic (exact) mass is 213 g/mol. The van der Waals surface area contributed by atoms with Gasteiger partial charge in [0.15, 0.2) is 0 Å². The van der Waals surface area contributed by atoms with Gasteiger partial charge < -0.3 is 9.64 Å². The van der Waals surface area contributed by atoms with E-state index in [4.69, 9.17) is 4.74 Å². The molecule has 0 aromatic heterocycles. The molecule has 1 amide bonds. The summed E-state index contributed by atoms with van der Waals surface area (Å²) in [6.07, 6.45) is 4.42. The van der Waals surface area contributed by atoms with Crippen molar-refractivity contribution in [3.63, 3.8) is 0 Å². The molecule has 1 fully saturated rings. The molecule has 1 heterocycles. The number of carbonyl (C=O) groups is 1. The smallest absolute Gasteiger partial charge is 0.410 e. The highest BCUT2D eigenvalue weighted by molar-refractivity contribution is 5.68. The van der Waals surface area contributed by atoms with Crippen molar-refractivity contribution in [1.82, 2.24) is 4.90 Å². The van der Waals surface area contributed by atoms with Crippen LogP contribution in [0.3, 0.4) is 0 Å². The molecule has 3 nitrogen and oxygen atoms in total. The topological polar surface area (TPSA) is 29.5 Å². The number of ether oxygens (including phenoxy) is 1. The predicted molar refractivity (Wildman–Crippen MR) is 60.8 cm³/mol. The van der Waals surface area contributed by atoms with E-state index in [1.807, 2.05) is 4.90 Å². The molecule has 88 valence electrons. The van der Waals surface area contributed by atoms with E-state index in [9.17, 15) is 4.79 Å². The summed E-state index contributed by atoms with van der Waals surface area (Å²) >= 11 is 0. The van der Waals surface area contributed by atoms with E-state index in [1.54, 1.807) is 0 Å². The van der Waals surface area contributed by atoms with Gasteiger partial charge in [-0.3, -0.25) is 0 Å². The first-order chi connectivity index (χ1) is 7.15. The summed E-state index contributed by atoms with van der Waals surface area (Å²) in [6.45, 7) is 7.65. The molecule has 1 saturated heterocycles. The molecule has 0 aromatic rings. The van der Waals surface area contributed by atoms with Gasteiger partial charge >= 0.3 is 6.09 Å². The molecule has 0 spiro atoms. The first-order valence-corrected chi connectivity index (χ1v) is 6.08. The van der Waals surface area contributed by atoms with Gasteiger partial charge in [-0.25, -0.2) is 4.79 Å². The number of piperidine rings is 1. The molecular formula is C12H23NO2. The van der Waals surface area contributed by atoms with Gasteiger partial charge in [0, 0.05) is 12.6 Å². The zero-order valence-corrected chi connectivity index (χ0v) is 10.2. The predicted octanol–water partition coefficient (Wildman–Crippen LogP) is 3.04. The van der Waals surface area contributed by atoms with Gasteiger partial charge in [-0.1, -0.05) is 20.8 Å². The fraction of sp³-hybridized carbons (Fsp3) is 0.917. The minimum atomic E-state index is -0.116. The Morgan fingerprint density at radius 1 is 1.47 bits per heavy atom. The van der Waals surface area contributed by atoms with Gasteiger partial charge in [-0.15, -0.1) is 0 Å². The first kappa shape index (κ1) is 12.3. The van der Waals surface area contributed by atoms with Crippen LogP contribution in [0.15, 0.2) is 0 Å². The lowest BCUT2D eigenvalue weighted by molar-refractivity contribution is 0.0646. The van der Waals surface area contributed by atoms with Gasteiger partial charge in [0.25, 0.3) is 0 Å². The molecule has 0 bridgehead atoms. The zero-order chi connectivity index (χ0) is 11.3. The van der Waals surface area contributed by atoms with Crippen LogP contribution in [0.4, 0.5) is 4.79 Å². The van der Waals surface area contributed by atoms with E-state index < -0.39 is 0 Å². The fourth-order valence-corrected chi connectivity index (χ4v) is 1.99. The van der Waals surface area contributed by atoms with E-state index in [2.05, 4.69) is 20.8 Å². The maximum absolute atomic E-state index is 11.8. The third-order valence-electron chi connectivity index (χ3n) is 2.87. The minimum absolute atomic E-state index is 0.116. The number of nitrogens with zero attached hydrogens (tertiary/aromatic N) is 1. The highest BCUT2D eigenvalue weighted by Gasteiger charge is 2.26. The van der Waals surface area contributed by atoms with Crippen LogP contribution in [-0.4, -0.2) is 30.2 Å². The van der Waals surface area contributed by atoms with Crippen LogP contribution < -0.4 is 0 Å². The maximum atomic E-state index is 11.8. The zero-order valence-electron chi connectivity index (χ0n) is 10.2.